The van der Waals surface area contributed by atoms with E-state index in [0.29, 0.717) is 12.8 Å². The van der Waals surface area contributed by atoms with Crippen molar-refractivity contribution in [3.05, 3.63) is 23.5 Å². The van der Waals surface area contributed by atoms with E-state index in [2.05, 4.69) is 9.97 Å². The van der Waals surface area contributed by atoms with Gasteiger partial charge in [-0.25, -0.2) is 9.78 Å². The van der Waals surface area contributed by atoms with Gasteiger partial charge in [0, 0.05) is 12.1 Å². The second kappa shape index (κ2) is 3.96. The van der Waals surface area contributed by atoms with E-state index in [1.54, 1.807) is 23.0 Å². The lowest BCUT2D eigenvalue weighted by Gasteiger charge is -2.33. The summed E-state index contributed by atoms with van der Waals surface area (Å²) in [5, 5.41) is 8.50. The molecule has 0 spiro atoms. The van der Waals surface area contributed by atoms with Crippen LogP contribution in [0.25, 0.3) is 10.2 Å². The van der Waals surface area contributed by atoms with Gasteiger partial charge in [-0.05, 0) is 18.9 Å². The molecule has 2 aromatic heterocycles. The minimum absolute atomic E-state index is 0.187. The molecule has 0 amide bonds. The first-order valence-corrected chi connectivity index (χ1v) is 6.19. The Labute approximate surface area is 101 Å². The molecule has 1 saturated carbocycles. The number of ether oxygens (including phenoxy) is 1. The van der Waals surface area contributed by atoms with Crippen molar-refractivity contribution in [2.75, 3.05) is 0 Å². The van der Waals surface area contributed by atoms with Crippen LogP contribution in [-0.4, -0.2) is 27.3 Å². The van der Waals surface area contributed by atoms with Crippen molar-refractivity contribution >= 4 is 27.7 Å². The van der Waals surface area contributed by atoms with Gasteiger partial charge < -0.3 is 9.84 Å². The molecule has 3 rings (SSSR count). The molecule has 0 bridgehead atoms. The van der Waals surface area contributed by atoms with Crippen LogP contribution < -0.4 is 0 Å². The van der Waals surface area contributed by atoms with E-state index in [1.165, 1.54) is 0 Å². The Bertz CT molecular complexity index is 563. The predicted octanol–water partition coefficient (Wildman–Crippen LogP) is 2.63. The Hall–Kier alpha value is -1.69. The number of hydrogen-bond donors (Lipinski definition) is 1. The molecular weight excluding hydrogens is 240 g/mol. The first-order chi connectivity index (χ1) is 8.24. The number of thiazole rings is 1. The second-order valence-electron chi connectivity index (χ2n) is 4.07. The van der Waals surface area contributed by atoms with Crippen LogP contribution >= 0.6 is 11.3 Å². The van der Waals surface area contributed by atoms with Gasteiger partial charge in [0.1, 0.15) is 11.6 Å². The van der Waals surface area contributed by atoms with Gasteiger partial charge in [-0.3, -0.25) is 4.98 Å². The fourth-order valence-electron chi connectivity index (χ4n) is 2.14. The number of rotatable bonds is 2. The van der Waals surface area contributed by atoms with Crippen LogP contribution in [-0.2, 0) is 4.74 Å². The summed E-state index contributed by atoms with van der Waals surface area (Å²) in [6, 6.07) is 1.94. The molecule has 1 aliphatic rings. The largest absolute Gasteiger partial charge is 0.506 e. The summed E-state index contributed by atoms with van der Waals surface area (Å²) < 4.78 is 5.83. The van der Waals surface area contributed by atoms with Crippen LogP contribution in [0, 0.1) is 0 Å². The zero-order chi connectivity index (χ0) is 11.8. The summed E-state index contributed by atoms with van der Waals surface area (Å²) in [7, 11) is 0. The van der Waals surface area contributed by atoms with Gasteiger partial charge >= 0.3 is 6.16 Å². The molecule has 0 radical (unpaired) electrons. The molecule has 2 aromatic rings. The summed E-state index contributed by atoms with van der Waals surface area (Å²) in [6.07, 6.45) is 1.80. The maximum atomic E-state index is 10.4. The topological polar surface area (TPSA) is 72.3 Å². The van der Waals surface area contributed by atoms with Crippen LogP contribution in [0.5, 0.6) is 0 Å². The number of hydrogen-bond acceptors (Lipinski definition) is 5. The minimum Gasteiger partial charge on any atom is -0.450 e. The zero-order valence-corrected chi connectivity index (χ0v) is 9.68. The van der Waals surface area contributed by atoms with Gasteiger partial charge in [0.05, 0.1) is 15.9 Å². The van der Waals surface area contributed by atoms with Gasteiger partial charge in [-0.15, -0.1) is 11.3 Å². The quantitative estimate of drug-likeness (QED) is 0.829. The average molecular weight is 250 g/mol. The molecule has 5 nitrogen and oxygen atoms in total. The van der Waals surface area contributed by atoms with E-state index in [4.69, 9.17) is 9.84 Å². The van der Waals surface area contributed by atoms with Gasteiger partial charge in [0.15, 0.2) is 0 Å². The molecular formula is C11H10N2O3S. The lowest BCUT2D eigenvalue weighted by atomic mass is 9.79. The number of carbonyl (C=O) groups is 1. The predicted molar refractivity (Wildman–Crippen MR) is 62.3 cm³/mol. The highest BCUT2D eigenvalue weighted by atomic mass is 32.1. The van der Waals surface area contributed by atoms with Crippen molar-refractivity contribution in [3.8, 4) is 0 Å². The number of carboxylic acid groups (broad SMARTS) is 1. The van der Waals surface area contributed by atoms with Crippen molar-refractivity contribution in [1.29, 1.82) is 0 Å². The monoisotopic (exact) mass is 250 g/mol. The molecule has 0 aliphatic heterocycles. The lowest BCUT2D eigenvalue weighted by Crippen LogP contribution is -2.32. The minimum atomic E-state index is -1.20. The highest BCUT2D eigenvalue weighted by molar-refractivity contribution is 7.16. The summed E-state index contributed by atoms with van der Waals surface area (Å²) in [5.74, 6) is 0.269. The summed E-state index contributed by atoms with van der Waals surface area (Å²) >= 11 is 1.59. The van der Waals surface area contributed by atoms with Crippen LogP contribution in [0.4, 0.5) is 4.79 Å². The van der Waals surface area contributed by atoms with E-state index in [9.17, 15) is 4.79 Å². The van der Waals surface area contributed by atoms with Gasteiger partial charge in [0.2, 0.25) is 0 Å². The Morgan fingerprint density at radius 2 is 2.29 bits per heavy atom. The van der Waals surface area contributed by atoms with Gasteiger partial charge in [0.25, 0.3) is 0 Å². The fourth-order valence-corrected chi connectivity index (χ4v) is 2.82. The third kappa shape index (κ3) is 1.84. The zero-order valence-electron chi connectivity index (χ0n) is 8.87. The van der Waals surface area contributed by atoms with E-state index in [-0.39, 0.29) is 12.0 Å². The maximum absolute atomic E-state index is 10.4. The molecule has 1 aliphatic carbocycles. The molecule has 0 atom stereocenters. The van der Waals surface area contributed by atoms with E-state index < -0.39 is 6.16 Å². The summed E-state index contributed by atoms with van der Waals surface area (Å²) in [5.41, 5.74) is 3.71. The molecule has 0 unspecified atom stereocenters. The van der Waals surface area contributed by atoms with Crippen LogP contribution in [0.15, 0.2) is 17.8 Å². The lowest BCUT2D eigenvalue weighted by molar-refractivity contribution is 0.00713. The number of pyridine rings is 1. The van der Waals surface area contributed by atoms with E-state index >= 15 is 0 Å². The smallest absolute Gasteiger partial charge is 0.450 e. The van der Waals surface area contributed by atoms with Crippen molar-refractivity contribution in [2.24, 2.45) is 0 Å². The van der Waals surface area contributed by atoms with Crippen LogP contribution in [0.1, 0.15) is 24.5 Å². The first kappa shape index (κ1) is 10.5. The Morgan fingerprint density at radius 1 is 1.47 bits per heavy atom. The molecule has 1 N–H and O–H groups in total. The maximum Gasteiger partial charge on any atom is 0.506 e. The van der Waals surface area contributed by atoms with Crippen molar-refractivity contribution in [1.82, 2.24) is 9.97 Å². The summed E-state index contributed by atoms with van der Waals surface area (Å²) in [4.78, 5) is 19.0. The normalized spacial score (nSPS) is 23.3. The number of fused-ring (bicyclic) bond motifs is 1. The van der Waals surface area contributed by atoms with Crippen LogP contribution in [0.3, 0.4) is 0 Å². The Balaban J connectivity index is 1.78. The third-order valence-electron chi connectivity index (χ3n) is 3.03. The summed E-state index contributed by atoms with van der Waals surface area (Å²) in [6.45, 7) is 0. The SMILES string of the molecule is O=C(O)OC1CC(c2nccc3scnc23)C1. The van der Waals surface area contributed by atoms with Crippen molar-refractivity contribution in [3.63, 3.8) is 0 Å². The Kier molecular flexibility index (Phi) is 2.44. The van der Waals surface area contributed by atoms with Gasteiger partial charge in [-0.1, -0.05) is 0 Å². The highest BCUT2D eigenvalue weighted by Crippen LogP contribution is 2.40. The second-order valence-corrected chi connectivity index (χ2v) is 4.96. The molecule has 1 fully saturated rings. The first-order valence-electron chi connectivity index (χ1n) is 5.31. The van der Waals surface area contributed by atoms with Gasteiger partial charge in [-0.2, -0.15) is 0 Å². The Morgan fingerprint density at radius 3 is 3.06 bits per heavy atom. The molecule has 0 saturated heterocycles. The van der Waals surface area contributed by atoms with E-state index in [0.717, 1.165) is 15.9 Å². The van der Waals surface area contributed by atoms with Crippen molar-refractivity contribution < 1.29 is 14.6 Å². The van der Waals surface area contributed by atoms with Crippen molar-refractivity contribution in [2.45, 2.75) is 24.9 Å². The number of nitrogens with zero attached hydrogens (tertiary/aromatic N) is 2. The molecule has 2 heterocycles. The number of aromatic nitrogens is 2. The highest BCUT2D eigenvalue weighted by Gasteiger charge is 2.35. The van der Waals surface area contributed by atoms with E-state index in [1.807, 2.05) is 6.07 Å². The fraction of sp³-hybridized carbons (Fsp3) is 0.364. The average Bonchev–Trinajstić information content (AvgIpc) is 2.70. The molecule has 0 aromatic carbocycles. The molecule has 17 heavy (non-hydrogen) atoms. The molecule has 88 valence electrons. The molecule has 6 heteroatoms. The van der Waals surface area contributed by atoms with Crippen LogP contribution in [0.2, 0.25) is 0 Å². The standard InChI is InChI=1S/C11H10N2O3S/c14-11(15)16-7-3-6(4-7)9-10-8(1-2-12-9)17-5-13-10/h1-2,5-7H,3-4H2,(H,14,15). The third-order valence-corrected chi connectivity index (χ3v) is 3.82.